The predicted molar refractivity (Wildman–Crippen MR) is 46.9 cm³/mol. The van der Waals surface area contributed by atoms with Crippen LogP contribution in [0.4, 0.5) is 5.69 Å². The highest BCUT2D eigenvalue weighted by molar-refractivity contribution is 5.73. The van der Waals surface area contributed by atoms with Crippen molar-refractivity contribution in [2.45, 2.75) is 6.42 Å². The SMILES string of the molecule is O=CNc1ccccc1CCO. The highest BCUT2D eigenvalue weighted by atomic mass is 16.3. The Bertz CT molecular complexity index is 260. The first kappa shape index (κ1) is 8.74. The highest BCUT2D eigenvalue weighted by Crippen LogP contribution is 2.13. The molecule has 0 unspecified atom stereocenters. The van der Waals surface area contributed by atoms with Crippen molar-refractivity contribution >= 4 is 12.1 Å². The molecule has 0 fully saturated rings. The average molecular weight is 165 g/mol. The van der Waals surface area contributed by atoms with Crippen LogP contribution in [0.3, 0.4) is 0 Å². The molecule has 0 atom stereocenters. The zero-order valence-corrected chi connectivity index (χ0v) is 6.66. The molecular formula is C9H11NO2. The molecule has 1 rings (SSSR count). The average Bonchev–Trinajstić information content (AvgIpc) is 2.09. The Morgan fingerprint density at radius 2 is 2.17 bits per heavy atom. The number of rotatable bonds is 4. The monoisotopic (exact) mass is 165 g/mol. The van der Waals surface area contributed by atoms with Crippen LogP contribution in [0.15, 0.2) is 24.3 Å². The lowest BCUT2D eigenvalue weighted by molar-refractivity contribution is -0.105. The fourth-order valence-electron chi connectivity index (χ4n) is 1.06. The summed E-state index contributed by atoms with van der Waals surface area (Å²) < 4.78 is 0. The molecule has 3 nitrogen and oxygen atoms in total. The van der Waals surface area contributed by atoms with Crippen LogP contribution in [0.25, 0.3) is 0 Å². The number of nitrogens with one attached hydrogen (secondary N) is 1. The molecule has 1 aromatic rings. The Morgan fingerprint density at radius 3 is 2.83 bits per heavy atom. The molecule has 0 aliphatic rings. The number of hydrogen-bond acceptors (Lipinski definition) is 2. The maximum atomic E-state index is 10.2. The van der Waals surface area contributed by atoms with Crippen molar-refractivity contribution in [2.24, 2.45) is 0 Å². The number of aliphatic hydroxyl groups is 1. The van der Waals surface area contributed by atoms with E-state index in [2.05, 4.69) is 5.32 Å². The summed E-state index contributed by atoms with van der Waals surface area (Å²) in [4.78, 5) is 10.2. The molecule has 2 N–H and O–H groups in total. The minimum atomic E-state index is 0.0948. The molecule has 0 aliphatic heterocycles. The van der Waals surface area contributed by atoms with Crippen LogP contribution in [0, 0.1) is 0 Å². The van der Waals surface area contributed by atoms with E-state index in [0.29, 0.717) is 12.8 Å². The van der Waals surface area contributed by atoms with Crippen molar-refractivity contribution in [3.63, 3.8) is 0 Å². The molecule has 0 aromatic heterocycles. The summed E-state index contributed by atoms with van der Waals surface area (Å²) in [6.45, 7) is 0.0948. The fourth-order valence-corrected chi connectivity index (χ4v) is 1.06. The van der Waals surface area contributed by atoms with Gasteiger partial charge in [0.2, 0.25) is 6.41 Å². The third kappa shape index (κ3) is 2.07. The summed E-state index contributed by atoms with van der Waals surface area (Å²) >= 11 is 0. The summed E-state index contributed by atoms with van der Waals surface area (Å²) in [7, 11) is 0. The summed E-state index contributed by atoms with van der Waals surface area (Å²) in [6, 6.07) is 7.40. The number of aliphatic hydroxyl groups excluding tert-OH is 1. The molecule has 1 aromatic carbocycles. The summed E-state index contributed by atoms with van der Waals surface area (Å²) in [5.74, 6) is 0. The molecule has 0 radical (unpaired) electrons. The summed E-state index contributed by atoms with van der Waals surface area (Å²) in [5, 5.41) is 11.3. The van der Waals surface area contributed by atoms with Gasteiger partial charge in [0.05, 0.1) is 0 Å². The van der Waals surface area contributed by atoms with Gasteiger partial charge in [-0.3, -0.25) is 4.79 Å². The number of carbonyl (C=O) groups is 1. The van der Waals surface area contributed by atoms with Gasteiger partial charge in [-0.2, -0.15) is 0 Å². The molecule has 64 valence electrons. The minimum absolute atomic E-state index is 0.0948. The van der Waals surface area contributed by atoms with E-state index < -0.39 is 0 Å². The Kier molecular flexibility index (Phi) is 3.29. The smallest absolute Gasteiger partial charge is 0.211 e. The number of amides is 1. The molecule has 0 bridgehead atoms. The second-order valence-electron chi connectivity index (χ2n) is 2.39. The Hall–Kier alpha value is -1.35. The molecule has 0 spiro atoms. The molecule has 0 saturated carbocycles. The van der Waals surface area contributed by atoms with Crippen molar-refractivity contribution in [3.8, 4) is 0 Å². The largest absolute Gasteiger partial charge is 0.396 e. The van der Waals surface area contributed by atoms with Gasteiger partial charge in [0.15, 0.2) is 0 Å². The maximum absolute atomic E-state index is 10.2. The quantitative estimate of drug-likeness (QED) is 0.648. The third-order valence-electron chi connectivity index (χ3n) is 1.61. The summed E-state index contributed by atoms with van der Waals surface area (Å²) in [5.41, 5.74) is 1.72. The lowest BCUT2D eigenvalue weighted by atomic mass is 10.1. The standard InChI is InChI=1S/C9H11NO2/c11-6-5-8-3-1-2-4-9(8)10-7-12/h1-4,7,11H,5-6H2,(H,10,12). The van der Waals surface area contributed by atoms with Crippen LogP contribution in [-0.4, -0.2) is 18.1 Å². The van der Waals surface area contributed by atoms with E-state index in [-0.39, 0.29) is 6.61 Å². The first-order chi connectivity index (χ1) is 5.88. The predicted octanol–water partition coefficient (Wildman–Crippen LogP) is 0.790. The van der Waals surface area contributed by atoms with Crippen LogP contribution >= 0.6 is 0 Å². The van der Waals surface area contributed by atoms with E-state index in [9.17, 15) is 4.79 Å². The van der Waals surface area contributed by atoms with Gasteiger partial charge in [-0.05, 0) is 18.1 Å². The fraction of sp³-hybridized carbons (Fsp3) is 0.222. The van der Waals surface area contributed by atoms with Gasteiger partial charge in [0, 0.05) is 12.3 Å². The molecule has 1 amide bonds. The highest BCUT2D eigenvalue weighted by Gasteiger charge is 1.98. The summed E-state index contributed by atoms with van der Waals surface area (Å²) in [6.07, 6.45) is 1.20. The van der Waals surface area contributed by atoms with Crippen LogP contribution in [-0.2, 0) is 11.2 Å². The number of carbonyl (C=O) groups excluding carboxylic acids is 1. The van der Waals surface area contributed by atoms with Crippen LogP contribution in [0.2, 0.25) is 0 Å². The molecule has 3 heteroatoms. The Morgan fingerprint density at radius 1 is 1.42 bits per heavy atom. The number of hydrogen-bond donors (Lipinski definition) is 2. The maximum Gasteiger partial charge on any atom is 0.211 e. The van der Waals surface area contributed by atoms with Gasteiger partial charge < -0.3 is 10.4 Å². The van der Waals surface area contributed by atoms with Gasteiger partial charge in [-0.25, -0.2) is 0 Å². The zero-order chi connectivity index (χ0) is 8.81. The van der Waals surface area contributed by atoms with Gasteiger partial charge in [0.1, 0.15) is 0 Å². The lowest BCUT2D eigenvalue weighted by Gasteiger charge is -2.05. The van der Waals surface area contributed by atoms with Crippen molar-refractivity contribution in [1.82, 2.24) is 0 Å². The van der Waals surface area contributed by atoms with Crippen LogP contribution < -0.4 is 5.32 Å². The van der Waals surface area contributed by atoms with E-state index in [1.54, 1.807) is 6.07 Å². The first-order valence-electron chi connectivity index (χ1n) is 3.77. The molecular weight excluding hydrogens is 154 g/mol. The number of para-hydroxylation sites is 1. The van der Waals surface area contributed by atoms with Gasteiger partial charge in [-0.1, -0.05) is 18.2 Å². The van der Waals surface area contributed by atoms with Crippen molar-refractivity contribution < 1.29 is 9.90 Å². The number of benzene rings is 1. The van der Waals surface area contributed by atoms with Crippen molar-refractivity contribution in [1.29, 1.82) is 0 Å². The Labute approximate surface area is 71.0 Å². The van der Waals surface area contributed by atoms with E-state index in [1.807, 2.05) is 18.2 Å². The second-order valence-corrected chi connectivity index (χ2v) is 2.39. The van der Waals surface area contributed by atoms with E-state index in [4.69, 9.17) is 5.11 Å². The van der Waals surface area contributed by atoms with E-state index in [0.717, 1.165) is 11.3 Å². The topological polar surface area (TPSA) is 49.3 Å². The van der Waals surface area contributed by atoms with Gasteiger partial charge in [-0.15, -0.1) is 0 Å². The van der Waals surface area contributed by atoms with E-state index >= 15 is 0 Å². The van der Waals surface area contributed by atoms with Crippen molar-refractivity contribution in [3.05, 3.63) is 29.8 Å². The van der Waals surface area contributed by atoms with Gasteiger partial charge in [0.25, 0.3) is 0 Å². The minimum Gasteiger partial charge on any atom is -0.396 e. The van der Waals surface area contributed by atoms with Crippen LogP contribution in [0.1, 0.15) is 5.56 Å². The number of anilines is 1. The van der Waals surface area contributed by atoms with E-state index in [1.165, 1.54) is 0 Å². The van der Waals surface area contributed by atoms with Gasteiger partial charge >= 0.3 is 0 Å². The Balaban J connectivity index is 2.83. The second kappa shape index (κ2) is 4.51. The first-order valence-corrected chi connectivity index (χ1v) is 3.77. The molecule has 0 heterocycles. The van der Waals surface area contributed by atoms with Crippen molar-refractivity contribution in [2.75, 3.05) is 11.9 Å². The third-order valence-corrected chi connectivity index (χ3v) is 1.61. The normalized spacial score (nSPS) is 9.42. The molecule has 0 aliphatic carbocycles. The van der Waals surface area contributed by atoms with Crippen LogP contribution in [0.5, 0.6) is 0 Å². The lowest BCUT2D eigenvalue weighted by Crippen LogP contribution is -2.00. The molecule has 0 saturated heterocycles. The molecule has 12 heavy (non-hydrogen) atoms. The zero-order valence-electron chi connectivity index (χ0n) is 6.66.